The highest BCUT2D eigenvalue weighted by Gasteiger charge is 2.15. The van der Waals surface area contributed by atoms with Crippen molar-refractivity contribution in [3.8, 4) is 0 Å². The Morgan fingerprint density at radius 3 is 2.83 bits per heavy atom. The van der Waals surface area contributed by atoms with E-state index in [1.807, 2.05) is 18.2 Å². The summed E-state index contributed by atoms with van der Waals surface area (Å²) in [6.07, 6.45) is 0. The Kier molecular flexibility index (Phi) is 2.13. The third-order valence-corrected chi connectivity index (χ3v) is 4.78. The van der Waals surface area contributed by atoms with Crippen molar-refractivity contribution in [2.45, 2.75) is 0 Å². The van der Waals surface area contributed by atoms with E-state index in [1.54, 1.807) is 11.3 Å². The maximum atomic E-state index is 6.38. The van der Waals surface area contributed by atoms with Crippen LogP contribution < -0.4 is 0 Å². The van der Waals surface area contributed by atoms with Crippen LogP contribution >= 0.6 is 34.5 Å². The fourth-order valence-electron chi connectivity index (χ4n) is 2.17. The fourth-order valence-corrected chi connectivity index (χ4v) is 3.81. The molecule has 0 atom stereocenters. The number of thiophene rings is 1. The lowest BCUT2D eigenvalue weighted by molar-refractivity contribution is 0.605. The molecule has 2 heterocycles. The fraction of sp³-hybridized carbons (Fsp3) is 0. The third-order valence-electron chi connectivity index (χ3n) is 2.94. The summed E-state index contributed by atoms with van der Waals surface area (Å²) in [5.41, 5.74) is 1.25. The smallest absolute Gasteiger partial charge is 0.293 e. The van der Waals surface area contributed by atoms with Crippen LogP contribution in [0.25, 0.3) is 31.3 Å². The molecule has 0 aliphatic heterocycles. The lowest BCUT2D eigenvalue weighted by Crippen LogP contribution is -1.72. The van der Waals surface area contributed by atoms with E-state index in [1.165, 1.54) is 10.1 Å². The van der Waals surface area contributed by atoms with Gasteiger partial charge in [-0.05, 0) is 23.7 Å². The Morgan fingerprint density at radius 1 is 1.11 bits per heavy atom. The second-order valence-electron chi connectivity index (χ2n) is 3.98. The summed E-state index contributed by atoms with van der Waals surface area (Å²) in [5.74, 6) is 0. The van der Waals surface area contributed by atoms with Crippen LogP contribution in [0.2, 0.25) is 10.4 Å². The number of fused-ring (bicyclic) bond motifs is 4. The van der Waals surface area contributed by atoms with Crippen LogP contribution in [0.3, 0.4) is 0 Å². The van der Waals surface area contributed by atoms with Crippen molar-refractivity contribution in [2.24, 2.45) is 0 Å². The van der Waals surface area contributed by atoms with Gasteiger partial charge in [0.05, 0.1) is 4.70 Å². The van der Waals surface area contributed by atoms with E-state index in [-0.39, 0.29) is 5.35 Å². The van der Waals surface area contributed by atoms with E-state index < -0.39 is 0 Å². The van der Waals surface area contributed by atoms with E-state index in [2.05, 4.69) is 17.1 Å². The Balaban J connectivity index is 2.31. The predicted octanol–water partition coefficient (Wildman–Crippen LogP) is 5.50. The number of aromatic nitrogens is 1. The first-order valence-corrected chi connectivity index (χ1v) is 6.87. The molecule has 2 nitrogen and oxygen atoms in total. The molecule has 0 saturated heterocycles. The van der Waals surface area contributed by atoms with Gasteiger partial charge in [0.1, 0.15) is 10.5 Å². The van der Waals surface area contributed by atoms with E-state index in [0.29, 0.717) is 16.1 Å². The average Bonchev–Trinajstić information content (AvgIpc) is 2.91. The number of benzene rings is 2. The van der Waals surface area contributed by atoms with Gasteiger partial charge < -0.3 is 4.42 Å². The molecular weight excluding hydrogens is 289 g/mol. The molecule has 0 saturated carbocycles. The minimum absolute atomic E-state index is 0.119. The number of hydrogen-bond acceptors (Lipinski definition) is 3. The molecule has 0 fully saturated rings. The van der Waals surface area contributed by atoms with E-state index >= 15 is 0 Å². The molecule has 0 bridgehead atoms. The first-order valence-electron chi connectivity index (χ1n) is 5.30. The monoisotopic (exact) mass is 293 g/mol. The Hall–Kier alpha value is -1.29. The van der Waals surface area contributed by atoms with Gasteiger partial charge in [-0.1, -0.05) is 29.8 Å². The van der Waals surface area contributed by atoms with Crippen LogP contribution in [0.4, 0.5) is 0 Å². The van der Waals surface area contributed by atoms with E-state index in [9.17, 15) is 0 Å². The van der Waals surface area contributed by atoms with Crippen molar-refractivity contribution < 1.29 is 4.42 Å². The van der Waals surface area contributed by atoms with Crippen molar-refractivity contribution in [3.63, 3.8) is 0 Å². The minimum atomic E-state index is 0.119. The van der Waals surface area contributed by atoms with Crippen LogP contribution in [0, 0.1) is 0 Å². The van der Waals surface area contributed by atoms with Gasteiger partial charge in [-0.2, -0.15) is 4.98 Å². The zero-order valence-corrected chi connectivity index (χ0v) is 11.2. The summed E-state index contributed by atoms with van der Waals surface area (Å²) in [7, 11) is 0. The van der Waals surface area contributed by atoms with Gasteiger partial charge in [0.2, 0.25) is 0 Å². The summed E-state index contributed by atoms with van der Waals surface area (Å²) in [6, 6.07) is 10.2. The molecule has 0 unspecified atom stereocenters. The van der Waals surface area contributed by atoms with Gasteiger partial charge in [0.15, 0.2) is 5.58 Å². The molecule has 0 aliphatic carbocycles. The zero-order valence-electron chi connectivity index (χ0n) is 8.91. The maximum absolute atomic E-state index is 6.38. The van der Waals surface area contributed by atoms with E-state index in [4.69, 9.17) is 27.6 Å². The minimum Gasteiger partial charge on any atom is -0.426 e. The number of hydrogen-bond donors (Lipinski definition) is 0. The van der Waals surface area contributed by atoms with Gasteiger partial charge in [0.25, 0.3) is 5.35 Å². The Labute approximate surface area is 116 Å². The summed E-state index contributed by atoms with van der Waals surface area (Å²) in [4.78, 5) is 4.13. The SMILES string of the molecule is Clc1nc2cc3c(sc4ccccc43)c(Cl)c2o1. The van der Waals surface area contributed by atoms with Crippen LogP contribution in [0.5, 0.6) is 0 Å². The quantitative estimate of drug-likeness (QED) is 0.428. The summed E-state index contributed by atoms with van der Waals surface area (Å²) in [6.45, 7) is 0. The third kappa shape index (κ3) is 1.32. The van der Waals surface area contributed by atoms with Gasteiger partial charge in [-0.15, -0.1) is 11.3 Å². The van der Waals surface area contributed by atoms with Crippen LogP contribution in [0.15, 0.2) is 34.7 Å². The van der Waals surface area contributed by atoms with Crippen LogP contribution in [-0.4, -0.2) is 4.98 Å². The molecule has 5 heteroatoms. The topological polar surface area (TPSA) is 26.0 Å². The van der Waals surface area contributed by atoms with Crippen molar-refractivity contribution in [1.29, 1.82) is 0 Å². The second kappa shape index (κ2) is 3.60. The molecule has 4 aromatic rings. The van der Waals surface area contributed by atoms with Crippen molar-refractivity contribution in [2.75, 3.05) is 0 Å². The molecule has 88 valence electrons. The van der Waals surface area contributed by atoms with Gasteiger partial charge in [0, 0.05) is 15.5 Å². The molecule has 0 N–H and O–H groups in total. The average molecular weight is 294 g/mol. The number of oxazole rings is 1. The first-order chi connectivity index (χ1) is 8.74. The second-order valence-corrected chi connectivity index (χ2v) is 5.73. The lowest BCUT2D eigenvalue weighted by atomic mass is 10.1. The van der Waals surface area contributed by atoms with Gasteiger partial charge >= 0.3 is 0 Å². The summed E-state index contributed by atoms with van der Waals surface area (Å²) in [5, 5.41) is 2.98. The zero-order chi connectivity index (χ0) is 12.3. The molecule has 0 aliphatic rings. The summed E-state index contributed by atoms with van der Waals surface area (Å²) >= 11 is 13.8. The lowest BCUT2D eigenvalue weighted by Gasteiger charge is -1.94. The summed E-state index contributed by atoms with van der Waals surface area (Å²) < 4.78 is 7.55. The molecule has 2 aromatic heterocycles. The number of rotatable bonds is 0. The molecular formula is C13H5Cl2NOS. The van der Waals surface area contributed by atoms with Crippen molar-refractivity contribution >= 4 is 65.8 Å². The van der Waals surface area contributed by atoms with E-state index in [0.717, 1.165) is 10.1 Å². The number of halogens is 2. The molecule has 0 radical (unpaired) electrons. The number of nitrogens with zero attached hydrogens (tertiary/aromatic N) is 1. The predicted molar refractivity (Wildman–Crippen MR) is 76.9 cm³/mol. The highest BCUT2D eigenvalue weighted by molar-refractivity contribution is 7.26. The molecule has 18 heavy (non-hydrogen) atoms. The van der Waals surface area contributed by atoms with Crippen molar-refractivity contribution in [3.05, 3.63) is 40.7 Å². The maximum Gasteiger partial charge on any atom is 0.293 e. The highest BCUT2D eigenvalue weighted by Crippen LogP contribution is 2.42. The molecule has 4 rings (SSSR count). The standard InChI is InChI=1S/C13H5Cl2NOS/c14-10-11-8(16-13(15)17-11)5-7-6-3-1-2-4-9(6)18-12(7)10/h1-5H. The molecule has 2 aromatic carbocycles. The first kappa shape index (κ1) is 10.6. The highest BCUT2D eigenvalue weighted by atomic mass is 35.5. The molecule has 0 spiro atoms. The normalized spacial score (nSPS) is 11.9. The van der Waals surface area contributed by atoms with Gasteiger partial charge in [-0.25, -0.2) is 0 Å². The largest absolute Gasteiger partial charge is 0.426 e. The van der Waals surface area contributed by atoms with Crippen LogP contribution in [-0.2, 0) is 0 Å². The molecule has 0 amide bonds. The Bertz CT molecular complexity index is 909. The van der Waals surface area contributed by atoms with Crippen molar-refractivity contribution in [1.82, 2.24) is 4.98 Å². The van der Waals surface area contributed by atoms with Gasteiger partial charge in [-0.3, -0.25) is 0 Å². The Morgan fingerprint density at radius 2 is 1.94 bits per heavy atom. The van der Waals surface area contributed by atoms with Crippen LogP contribution in [0.1, 0.15) is 0 Å².